The van der Waals surface area contributed by atoms with Crippen molar-refractivity contribution < 1.29 is 4.74 Å². The summed E-state index contributed by atoms with van der Waals surface area (Å²) in [5.74, 6) is 0. The highest BCUT2D eigenvalue weighted by Gasteiger charge is 1.93. The third kappa shape index (κ3) is 5.40. The van der Waals surface area contributed by atoms with Gasteiger partial charge < -0.3 is 4.74 Å². The fourth-order valence-corrected chi connectivity index (χ4v) is 1.98. The third-order valence-electron chi connectivity index (χ3n) is 2.12. The second-order valence-corrected chi connectivity index (χ2v) is 4.19. The molecule has 1 nitrogen and oxygen atoms in total. The molecule has 0 unspecified atom stereocenters. The molecule has 1 heterocycles. The number of hydrogen-bond acceptors (Lipinski definition) is 2. The minimum Gasteiger partial charge on any atom is -0.381 e. The van der Waals surface area contributed by atoms with Gasteiger partial charge in [-0.3, -0.25) is 0 Å². The maximum Gasteiger partial charge on any atom is 0.0466 e. The molecule has 0 N–H and O–H groups in total. The van der Waals surface area contributed by atoms with Gasteiger partial charge in [0.05, 0.1) is 0 Å². The van der Waals surface area contributed by atoms with Crippen LogP contribution in [0.25, 0.3) is 0 Å². The van der Waals surface area contributed by atoms with Crippen LogP contribution in [0.15, 0.2) is 16.8 Å². The molecule has 0 aliphatic rings. The molecule has 0 atom stereocenters. The van der Waals surface area contributed by atoms with Crippen LogP contribution in [0.3, 0.4) is 0 Å². The van der Waals surface area contributed by atoms with Crippen LogP contribution < -0.4 is 0 Å². The maximum absolute atomic E-state index is 5.46. The van der Waals surface area contributed by atoms with Gasteiger partial charge in [0.1, 0.15) is 0 Å². The first-order valence-corrected chi connectivity index (χ1v) is 6.26. The summed E-state index contributed by atoms with van der Waals surface area (Å²) in [4.78, 5) is 0. The zero-order valence-corrected chi connectivity index (χ0v) is 9.52. The minimum absolute atomic E-state index is 0.877. The predicted octanol–water partition coefficient (Wildman–Crippen LogP) is 3.70. The monoisotopic (exact) mass is 211 g/mol. The average molecular weight is 211 g/mol. The van der Waals surface area contributed by atoms with E-state index >= 15 is 0 Å². The zero-order valence-electron chi connectivity index (χ0n) is 8.71. The van der Waals surface area contributed by atoms with E-state index in [0.717, 1.165) is 26.1 Å². The van der Waals surface area contributed by atoms with Crippen LogP contribution in [-0.4, -0.2) is 13.2 Å². The summed E-state index contributed by atoms with van der Waals surface area (Å²) in [7, 11) is 0. The van der Waals surface area contributed by atoms with Crippen molar-refractivity contribution in [1.29, 1.82) is 0 Å². The van der Waals surface area contributed by atoms with Gasteiger partial charge in [0.2, 0.25) is 0 Å². The van der Waals surface area contributed by atoms with E-state index in [9.17, 15) is 0 Å². The van der Waals surface area contributed by atoms with E-state index in [2.05, 4.69) is 23.8 Å². The van der Waals surface area contributed by atoms with Crippen molar-refractivity contribution in [1.82, 2.24) is 0 Å². The van der Waals surface area contributed by atoms with Gasteiger partial charge in [-0.1, -0.05) is 13.3 Å². The molecule has 2 heteroatoms. The SMILES string of the molecule is [CH2]CCCOCCCCc1ccsc1. The molecule has 1 radical (unpaired) electrons. The van der Waals surface area contributed by atoms with Gasteiger partial charge in [-0.15, -0.1) is 0 Å². The lowest BCUT2D eigenvalue weighted by Crippen LogP contribution is -1.97. The number of aryl methyl sites for hydroxylation is 1. The highest BCUT2D eigenvalue weighted by atomic mass is 32.1. The van der Waals surface area contributed by atoms with Gasteiger partial charge in [-0.25, -0.2) is 0 Å². The topological polar surface area (TPSA) is 9.23 Å². The number of rotatable bonds is 8. The van der Waals surface area contributed by atoms with E-state index in [1.165, 1.54) is 24.8 Å². The van der Waals surface area contributed by atoms with E-state index < -0.39 is 0 Å². The first-order valence-electron chi connectivity index (χ1n) is 5.31. The summed E-state index contributed by atoms with van der Waals surface area (Å²) in [6.07, 6.45) is 5.68. The fraction of sp³-hybridized carbons (Fsp3) is 0.583. The van der Waals surface area contributed by atoms with E-state index in [-0.39, 0.29) is 0 Å². The second-order valence-electron chi connectivity index (χ2n) is 3.41. The molecule has 79 valence electrons. The lowest BCUT2D eigenvalue weighted by Gasteiger charge is -2.02. The average Bonchev–Trinajstić information content (AvgIpc) is 2.69. The molecule has 0 saturated carbocycles. The van der Waals surface area contributed by atoms with Crippen LogP contribution in [0.1, 0.15) is 31.2 Å². The molecule has 0 aliphatic carbocycles. The Morgan fingerprint density at radius 3 is 2.79 bits per heavy atom. The summed E-state index contributed by atoms with van der Waals surface area (Å²) in [6.45, 7) is 5.56. The van der Waals surface area contributed by atoms with Crippen molar-refractivity contribution in [2.45, 2.75) is 32.1 Å². The Hall–Kier alpha value is -0.340. The van der Waals surface area contributed by atoms with Gasteiger partial charge in [0.15, 0.2) is 0 Å². The van der Waals surface area contributed by atoms with Gasteiger partial charge in [0.25, 0.3) is 0 Å². The lowest BCUT2D eigenvalue weighted by atomic mass is 10.1. The van der Waals surface area contributed by atoms with E-state index in [4.69, 9.17) is 4.74 Å². The standard InChI is InChI=1S/C12H19OS/c1-2-3-8-13-9-5-4-6-12-7-10-14-11-12/h7,10-11H,1-6,8-9H2. The highest BCUT2D eigenvalue weighted by molar-refractivity contribution is 7.07. The number of ether oxygens (including phenoxy) is 1. The minimum atomic E-state index is 0.877. The maximum atomic E-state index is 5.46. The molecule has 0 fully saturated rings. The molecule has 1 aromatic heterocycles. The van der Waals surface area contributed by atoms with Crippen LogP contribution in [0.2, 0.25) is 0 Å². The molecule has 1 aromatic rings. The Balaban J connectivity index is 1.85. The zero-order chi connectivity index (χ0) is 10.1. The van der Waals surface area contributed by atoms with Crippen LogP contribution in [0.5, 0.6) is 0 Å². The Morgan fingerprint density at radius 1 is 1.21 bits per heavy atom. The summed E-state index contributed by atoms with van der Waals surface area (Å²) < 4.78 is 5.46. The van der Waals surface area contributed by atoms with Gasteiger partial charge >= 0.3 is 0 Å². The first kappa shape index (κ1) is 11.7. The van der Waals surface area contributed by atoms with Gasteiger partial charge in [0, 0.05) is 13.2 Å². The Labute approximate surface area is 91.1 Å². The number of unbranched alkanes of at least 4 members (excludes halogenated alkanes) is 2. The third-order valence-corrected chi connectivity index (χ3v) is 2.85. The number of thiophene rings is 1. The molecule has 1 rings (SSSR count). The molecule has 0 saturated heterocycles. The normalized spacial score (nSPS) is 10.6. The fourth-order valence-electron chi connectivity index (χ4n) is 1.27. The molecule has 14 heavy (non-hydrogen) atoms. The van der Waals surface area contributed by atoms with Crippen molar-refractivity contribution >= 4 is 11.3 Å². The molecule has 0 bridgehead atoms. The molecule has 0 aromatic carbocycles. The van der Waals surface area contributed by atoms with Crippen molar-refractivity contribution in [2.24, 2.45) is 0 Å². The smallest absolute Gasteiger partial charge is 0.0466 e. The second kappa shape index (κ2) is 8.01. The first-order chi connectivity index (χ1) is 6.93. The van der Waals surface area contributed by atoms with Crippen LogP contribution >= 0.6 is 11.3 Å². The molecular weight excluding hydrogens is 192 g/mol. The van der Waals surface area contributed by atoms with E-state index in [1.807, 2.05) is 0 Å². The number of hydrogen-bond donors (Lipinski definition) is 0. The molecule has 0 spiro atoms. The summed E-state index contributed by atoms with van der Waals surface area (Å²) in [5, 5.41) is 4.36. The molecule has 0 aliphatic heterocycles. The van der Waals surface area contributed by atoms with Gasteiger partial charge in [-0.05, 0) is 48.1 Å². The van der Waals surface area contributed by atoms with Crippen molar-refractivity contribution in [3.05, 3.63) is 29.3 Å². The lowest BCUT2D eigenvalue weighted by molar-refractivity contribution is 0.128. The van der Waals surface area contributed by atoms with Gasteiger partial charge in [-0.2, -0.15) is 11.3 Å². The Kier molecular flexibility index (Phi) is 6.71. The van der Waals surface area contributed by atoms with E-state index in [1.54, 1.807) is 11.3 Å². The quantitative estimate of drug-likeness (QED) is 0.596. The highest BCUT2D eigenvalue weighted by Crippen LogP contribution is 2.09. The van der Waals surface area contributed by atoms with Crippen LogP contribution in [0, 0.1) is 6.92 Å². The van der Waals surface area contributed by atoms with Crippen molar-refractivity contribution in [3.8, 4) is 0 Å². The largest absolute Gasteiger partial charge is 0.381 e. The summed E-state index contributed by atoms with van der Waals surface area (Å²) in [5.41, 5.74) is 1.47. The van der Waals surface area contributed by atoms with Crippen LogP contribution in [0.4, 0.5) is 0 Å². The Morgan fingerprint density at radius 2 is 2.07 bits per heavy atom. The van der Waals surface area contributed by atoms with Crippen LogP contribution in [-0.2, 0) is 11.2 Å². The summed E-state index contributed by atoms with van der Waals surface area (Å²) in [6, 6.07) is 2.20. The van der Waals surface area contributed by atoms with Crippen molar-refractivity contribution in [3.63, 3.8) is 0 Å². The Bertz CT molecular complexity index is 206. The predicted molar refractivity (Wildman–Crippen MR) is 62.7 cm³/mol. The van der Waals surface area contributed by atoms with E-state index in [0.29, 0.717) is 0 Å². The summed E-state index contributed by atoms with van der Waals surface area (Å²) >= 11 is 1.78. The molecular formula is C12H19OS. The van der Waals surface area contributed by atoms with Crippen molar-refractivity contribution in [2.75, 3.05) is 13.2 Å². The molecule has 0 amide bonds.